The van der Waals surface area contributed by atoms with Crippen molar-refractivity contribution in [1.82, 2.24) is 4.90 Å². The summed E-state index contributed by atoms with van der Waals surface area (Å²) in [5.41, 5.74) is 0. The summed E-state index contributed by atoms with van der Waals surface area (Å²) in [6, 6.07) is 0. The number of carboxylic acids is 1. The van der Waals surface area contributed by atoms with Crippen LogP contribution >= 0.6 is 0 Å². The number of carbonyl (C=O) groups is 1. The molecule has 0 heterocycles. The first-order valence-corrected chi connectivity index (χ1v) is 7.91. The Hall–Kier alpha value is -0.910. The number of rotatable bonds is 15. The van der Waals surface area contributed by atoms with E-state index in [2.05, 4.69) is 13.5 Å². The van der Waals surface area contributed by atoms with E-state index in [9.17, 15) is 9.90 Å². The molecule has 0 spiro atoms. The third-order valence-electron chi connectivity index (χ3n) is 3.23. The zero-order chi connectivity index (χ0) is 15.9. The van der Waals surface area contributed by atoms with E-state index in [1.54, 1.807) is 6.08 Å². The highest BCUT2D eigenvalue weighted by atomic mass is 16.5. The van der Waals surface area contributed by atoms with Crippen LogP contribution in [-0.4, -0.2) is 60.0 Å². The summed E-state index contributed by atoms with van der Waals surface area (Å²) in [7, 11) is 0. The van der Waals surface area contributed by atoms with E-state index in [-0.39, 0.29) is 13.0 Å². The molecule has 0 aliphatic carbocycles. The molecule has 0 saturated heterocycles. The number of aliphatic hydroxyl groups is 1. The van der Waals surface area contributed by atoms with Gasteiger partial charge in [-0.3, -0.25) is 4.79 Å². The van der Waals surface area contributed by atoms with Crippen LogP contribution in [0.15, 0.2) is 12.7 Å². The second kappa shape index (κ2) is 14.0. The molecule has 0 radical (unpaired) electrons. The molecule has 0 rings (SSSR count). The van der Waals surface area contributed by atoms with Crippen molar-refractivity contribution in [2.24, 2.45) is 0 Å². The first-order valence-electron chi connectivity index (χ1n) is 7.91. The lowest BCUT2D eigenvalue weighted by Gasteiger charge is -2.24. The molecule has 2 N–H and O–H groups in total. The van der Waals surface area contributed by atoms with Gasteiger partial charge in [0.25, 0.3) is 0 Å². The van der Waals surface area contributed by atoms with Crippen molar-refractivity contribution in [3.63, 3.8) is 0 Å². The normalized spacial score (nSPS) is 12.5. The summed E-state index contributed by atoms with van der Waals surface area (Å²) in [5, 5.41) is 18.7. The van der Waals surface area contributed by atoms with Gasteiger partial charge in [0.1, 0.15) is 0 Å². The van der Waals surface area contributed by atoms with Gasteiger partial charge < -0.3 is 19.8 Å². The summed E-state index contributed by atoms with van der Waals surface area (Å²) in [6.07, 6.45) is 7.02. The van der Waals surface area contributed by atoms with Crippen molar-refractivity contribution in [3.05, 3.63) is 12.7 Å². The van der Waals surface area contributed by atoms with Gasteiger partial charge in [0.05, 0.1) is 25.7 Å². The quantitative estimate of drug-likeness (QED) is 0.359. The van der Waals surface area contributed by atoms with Crippen molar-refractivity contribution in [2.45, 2.75) is 51.6 Å². The van der Waals surface area contributed by atoms with Gasteiger partial charge in [-0.15, -0.1) is 6.58 Å². The average molecular weight is 301 g/mol. The minimum absolute atomic E-state index is 0.106. The van der Waals surface area contributed by atoms with Crippen LogP contribution in [0, 0.1) is 0 Å². The summed E-state index contributed by atoms with van der Waals surface area (Å²) < 4.78 is 5.22. The first-order chi connectivity index (χ1) is 10.1. The lowest BCUT2D eigenvalue weighted by atomic mass is 10.1. The second-order valence-corrected chi connectivity index (χ2v) is 5.34. The highest BCUT2D eigenvalue weighted by Gasteiger charge is 2.13. The maximum atomic E-state index is 10.7. The lowest BCUT2D eigenvalue weighted by Crippen LogP contribution is -2.37. The van der Waals surface area contributed by atoms with Crippen LogP contribution in [0.25, 0.3) is 0 Å². The number of ether oxygens (including phenoxy) is 1. The highest BCUT2D eigenvalue weighted by molar-refractivity contribution is 5.66. The van der Waals surface area contributed by atoms with Crippen molar-refractivity contribution >= 4 is 5.97 Å². The molecule has 0 saturated carbocycles. The monoisotopic (exact) mass is 301 g/mol. The first kappa shape index (κ1) is 20.1. The molecule has 5 heteroatoms. The van der Waals surface area contributed by atoms with Gasteiger partial charge >= 0.3 is 5.97 Å². The Morgan fingerprint density at radius 2 is 2.00 bits per heavy atom. The fourth-order valence-corrected chi connectivity index (χ4v) is 2.13. The van der Waals surface area contributed by atoms with Crippen LogP contribution in [0.5, 0.6) is 0 Å². The van der Waals surface area contributed by atoms with Crippen LogP contribution in [0.2, 0.25) is 0 Å². The van der Waals surface area contributed by atoms with Crippen molar-refractivity contribution < 1.29 is 19.7 Å². The van der Waals surface area contributed by atoms with Crippen molar-refractivity contribution in [1.29, 1.82) is 0 Å². The van der Waals surface area contributed by atoms with Crippen LogP contribution < -0.4 is 0 Å². The van der Waals surface area contributed by atoms with Crippen LogP contribution in [0.4, 0.5) is 0 Å². The molecule has 0 fully saturated rings. The van der Waals surface area contributed by atoms with Gasteiger partial charge in [0.2, 0.25) is 0 Å². The van der Waals surface area contributed by atoms with E-state index in [0.717, 1.165) is 19.4 Å². The smallest absolute Gasteiger partial charge is 0.304 e. The zero-order valence-electron chi connectivity index (χ0n) is 13.3. The maximum Gasteiger partial charge on any atom is 0.304 e. The molecule has 0 amide bonds. The van der Waals surface area contributed by atoms with Crippen LogP contribution in [0.3, 0.4) is 0 Å². The molecule has 0 aromatic rings. The third kappa shape index (κ3) is 13.8. The highest BCUT2D eigenvalue weighted by Crippen LogP contribution is 2.05. The molecule has 1 atom stereocenters. The van der Waals surface area contributed by atoms with Gasteiger partial charge in [-0.25, -0.2) is 0 Å². The van der Waals surface area contributed by atoms with E-state index < -0.39 is 12.1 Å². The molecule has 0 bridgehead atoms. The maximum absolute atomic E-state index is 10.7. The number of unbranched alkanes of at least 4 members (excludes halogenated alkanes) is 4. The van der Waals surface area contributed by atoms with Gasteiger partial charge in [-0.2, -0.15) is 0 Å². The standard InChI is InChI=1S/C16H31NO4/c1-3-5-6-7-8-10-17(11-9-16(19)20)13-15(18)14-21-12-4-2/h4,15,18H,2-3,5-14H2,1H3,(H,19,20). The minimum Gasteiger partial charge on any atom is -0.481 e. The van der Waals surface area contributed by atoms with E-state index in [1.807, 2.05) is 4.90 Å². The Bertz CT molecular complexity index is 271. The van der Waals surface area contributed by atoms with Gasteiger partial charge in [0, 0.05) is 13.1 Å². The Balaban J connectivity index is 3.99. The summed E-state index contributed by atoms with van der Waals surface area (Å²) >= 11 is 0. The predicted octanol–water partition coefficient (Wildman–Crippen LogP) is 2.30. The molecule has 124 valence electrons. The molecule has 0 aromatic carbocycles. The fraction of sp³-hybridized carbons (Fsp3) is 0.812. The topological polar surface area (TPSA) is 70.0 Å². The molecule has 1 unspecified atom stereocenters. The average Bonchev–Trinajstić information content (AvgIpc) is 2.44. The SMILES string of the molecule is C=CCOCC(O)CN(CCCCCCC)CCC(=O)O. The fourth-order valence-electron chi connectivity index (χ4n) is 2.13. The zero-order valence-corrected chi connectivity index (χ0v) is 13.3. The molecule has 21 heavy (non-hydrogen) atoms. The molecule has 0 aliphatic rings. The predicted molar refractivity (Wildman–Crippen MR) is 84.5 cm³/mol. The molecule has 0 aromatic heterocycles. The molecular formula is C16H31NO4. The number of nitrogens with zero attached hydrogens (tertiary/aromatic N) is 1. The molecule has 0 aliphatic heterocycles. The summed E-state index contributed by atoms with van der Waals surface area (Å²) in [6.45, 7) is 8.16. The number of hydrogen-bond donors (Lipinski definition) is 2. The number of carboxylic acid groups (broad SMARTS) is 1. The molecule has 5 nitrogen and oxygen atoms in total. The third-order valence-corrected chi connectivity index (χ3v) is 3.23. The largest absolute Gasteiger partial charge is 0.481 e. The Morgan fingerprint density at radius 1 is 1.29 bits per heavy atom. The van der Waals surface area contributed by atoms with Crippen LogP contribution in [-0.2, 0) is 9.53 Å². The second-order valence-electron chi connectivity index (χ2n) is 5.34. The van der Waals surface area contributed by atoms with E-state index >= 15 is 0 Å². The number of aliphatic hydroxyl groups excluding tert-OH is 1. The molecular weight excluding hydrogens is 270 g/mol. The Labute approximate surface area is 128 Å². The number of aliphatic carboxylic acids is 1. The van der Waals surface area contributed by atoms with Crippen LogP contribution in [0.1, 0.15) is 45.4 Å². The summed E-state index contributed by atoms with van der Waals surface area (Å²) in [5.74, 6) is -0.802. The Morgan fingerprint density at radius 3 is 2.62 bits per heavy atom. The van der Waals surface area contributed by atoms with E-state index in [1.165, 1.54) is 19.3 Å². The van der Waals surface area contributed by atoms with Gasteiger partial charge in [-0.1, -0.05) is 38.7 Å². The van der Waals surface area contributed by atoms with Crippen molar-refractivity contribution in [3.8, 4) is 0 Å². The van der Waals surface area contributed by atoms with E-state index in [0.29, 0.717) is 19.7 Å². The van der Waals surface area contributed by atoms with E-state index in [4.69, 9.17) is 9.84 Å². The lowest BCUT2D eigenvalue weighted by molar-refractivity contribution is -0.137. The minimum atomic E-state index is -0.802. The summed E-state index contributed by atoms with van der Waals surface area (Å²) in [4.78, 5) is 12.7. The van der Waals surface area contributed by atoms with Crippen molar-refractivity contribution in [2.75, 3.05) is 32.8 Å². The van der Waals surface area contributed by atoms with Gasteiger partial charge in [0.15, 0.2) is 0 Å². The number of hydrogen-bond acceptors (Lipinski definition) is 4. The van der Waals surface area contributed by atoms with Gasteiger partial charge in [-0.05, 0) is 13.0 Å². The Kier molecular flexibility index (Phi) is 13.4.